The molecule has 3 heterocycles. The molecule has 0 radical (unpaired) electrons. The molecule has 4 rings (SSSR count). The molecule has 2 aromatic heterocycles. The van der Waals surface area contributed by atoms with Gasteiger partial charge < -0.3 is 4.74 Å². The molecule has 0 saturated carbocycles. The highest BCUT2D eigenvalue weighted by molar-refractivity contribution is 5.87. The molecule has 1 saturated heterocycles. The van der Waals surface area contributed by atoms with Gasteiger partial charge in [0, 0.05) is 24.7 Å². The van der Waals surface area contributed by atoms with E-state index in [0.717, 1.165) is 29.8 Å². The average molecular weight is 380 g/mol. The molecule has 0 spiro atoms. The number of aromatic nitrogens is 4. The van der Waals surface area contributed by atoms with E-state index in [0.29, 0.717) is 41.5 Å². The minimum Gasteiger partial charge on any atom is -0.381 e. The third-order valence-electron chi connectivity index (χ3n) is 5.46. The maximum absolute atomic E-state index is 15.0. The van der Waals surface area contributed by atoms with E-state index in [-0.39, 0.29) is 17.7 Å². The molecule has 0 amide bonds. The molecular formula is C22H25FN4O. The first kappa shape index (κ1) is 18.9. The molecule has 0 atom stereocenters. The van der Waals surface area contributed by atoms with Crippen LogP contribution in [0.2, 0.25) is 0 Å². The van der Waals surface area contributed by atoms with Crippen LogP contribution in [0.4, 0.5) is 4.39 Å². The average Bonchev–Trinajstić information content (AvgIpc) is 2.69. The summed E-state index contributed by atoms with van der Waals surface area (Å²) >= 11 is 0. The van der Waals surface area contributed by atoms with Crippen LogP contribution >= 0.6 is 0 Å². The van der Waals surface area contributed by atoms with Crippen molar-refractivity contribution in [3.8, 4) is 11.3 Å². The summed E-state index contributed by atoms with van der Waals surface area (Å²) in [6.45, 7) is 9.30. The summed E-state index contributed by atoms with van der Waals surface area (Å²) in [7, 11) is 0. The summed E-state index contributed by atoms with van der Waals surface area (Å²) in [6.07, 6.45) is 1.72. The fraction of sp³-hybridized carbons (Fsp3) is 0.455. The second kappa shape index (κ2) is 7.51. The molecule has 5 nitrogen and oxygen atoms in total. The van der Waals surface area contributed by atoms with Crippen molar-refractivity contribution < 1.29 is 9.13 Å². The van der Waals surface area contributed by atoms with Crippen LogP contribution in [0.1, 0.15) is 61.3 Å². The van der Waals surface area contributed by atoms with Crippen molar-refractivity contribution in [1.82, 2.24) is 19.9 Å². The lowest BCUT2D eigenvalue weighted by molar-refractivity contribution is 0.0836. The summed E-state index contributed by atoms with van der Waals surface area (Å²) < 4.78 is 20.5. The van der Waals surface area contributed by atoms with Crippen LogP contribution in [0, 0.1) is 19.7 Å². The van der Waals surface area contributed by atoms with Crippen molar-refractivity contribution in [2.24, 2.45) is 0 Å². The third-order valence-corrected chi connectivity index (χ3v) is 5.46. The van der Waals surface area contributed by atoms with E-state index in [1.165, 1.54) is 0 Å². The predicted molar refractivity (Wildman–Crippen MR) is 107 cm³/mol. The van der Waals surface area contributed by atoms with Crippen molar-refractivity contribution in [2.75, 3.05) is 13.2 Å². The van der Waals surface area contributed by atoms with E-state index in [1.54, 1.807) is 12.1 Å². The van der Waals surface area contributed by atoms with Gasteiger partial charge in [-0.15, -0.1) is 0 Å². The first-order chi connectivity index (χ1) is 13.4. The van der Waals surface area contributed by atoms with Crippen molar-refractivity contribution in [3.63, 3.8) is 0 Å². The molecule has 0 aliphatic carbocycles. The number of nitrogens with zero attached hydrogens (tertiary/aromatic N) is 4. The molecular weight excluding hydrogens is 355 g/mol. The van der Waals surface area contributed by atoms with Gasteiger partial charge in [0.05, 0.1) is 11.4 Å². The summed E-state index contributed by atoms with van der Waals surface area (Å²) in [6, 6.07) is 5.35. The van der Waals surface area contributed by atoms with Crippen molar-refractivity contribution in [1.29, 1.82) is 0 Å². The Morgan fingerprint density at radius 1 is 1.00 bits per heavy atom. The fourth-order valence-electron chi connectivity index (χ4n) is 3.54. The Labute approximate surface area is 164 Å². The molecule has 28 heavy (non-hydrogen) atoms. The highest BCUT2D eigenvalue weighted by atomic mass is 19.1. The van der Waals surface area contributed by atoms with Gasteiger partial charge in [-0.25, -0.2) is 24.3 Å². The molecule has 1 fully saturated rings. The zero-order valence-corrected chi connectivity index (χ0v) is 16.8. The van der Waals surface area contributed by atoms with Crippen LogP contribution in [0.5, 0.6) is 0 Å². The number of aryl methyl sites for hydroxylation is 2. The van der Waals surface area contributed by atoms with Crippen LogP contribution in [0.3, 0.4) is 0 Å². The first-order valence-corrected chi connectivity index (χ1v) is 9.84. The standard InChI is InChI=1S/C22H25FN4O/c1-12(2)16-5-6-17(18(23)11-16)19-20-22(25-14(4)13(3)24-20)27-21(26-19)15-7-9-28-10-8-15/h5-6,11-12,15H,7-10H2,1-4H3. The van der Waals surface area contributed by atoms with Crippen LogP contribution in [-0.4, -0.2) is 33.1 Å². The Morgan fingerprint density at radius 3 is 2.39 bits per heavy atom. The monoisotopic (exact) mass is 380 g/mol. The molecule has 0 N–H and O–H groups in total. The summed E-state index contributed by atoms with van der Waals surface area (Å²) in [5.74, 6) is 0.867. The van der Waals surface area contributed by atoms with Crippen molar-refractivity contribution in [2.45, 2.75) is 52.4 Å². The van der Waals surface area contributed by atoms with E-state index in [4.69, 9.17) is 14.7 Å². The largest absolute Gasteiger partial charge is 0.381 e. The lowest BCUT2D eigenvalue weighted by Gasteiger charge is -2.21. The molecule has 0 bridgehead atoms. The molecule has 1 aromatic carbocycles. The minimum absolute atomic E-state index is 0.193. The fourth-order valence-corrected chi connectivity index (χ4v) is 3.54. The Bertz CT molecular complexity index is 1030. The van der Waals surface area contributed by atoms with E-state index in [1.807, 2.05) is 19.9 Å². The summed E-state index contributed by atoms with van der Waals surface area (Å²) in [4.78, 5) is 18.8. The minimum atomic E-state index is -0.288. The van der Waals surface area contributed by atoms with Gasteiger partial charge in [-0.3, -0.25) is 0 Å². The molecule has 6 heteroatoms. The number of rotatable bonds is 3. The van der Waals surface area contributed by atoms with Gasteiger partial charge in [0.25, 0.3) is 0 Å². The number of fused-ring (bicyclic) bond motifs is 1. The normalized spacial score (nSPS) is 15.5. The maximum Gasteiger partial charge on any atom is 0.182 e. The molecule has 0 unspecified atom stereocenters. The first-order valence-electron chi connectivity index (χ1n) is 9.84. The molecule has 1 aliphatic rings. The van der Waals surface area contributed by atoms with Gasteiger partial charge in [-0.1, -0.05) is 19.9 Å². The van der Waals surface area contributed by atoms with Crippen LogP contribution in [-0.2, 0) is 4.74 Å². The van der Waals surface area contributed by atoms with Gasteiger partial charge in [-0.05, 0) is 50.3 Å². The quantitative estimate of drug-likeness (QED) is 0.649. The summed E-state index contributed by atoms with van der Waals surface area (Å²) in [5.41, 5.74) is 4.64. The van der Waals surface area contributed by atoms with E-state index in [9.17, 15) is 0 Å². The second-order valence-corrected chi connectivity index (χ2v) is 7.78. The lowest BCUT2D eigenvalue weighted by atomic mass is 9.98. The van der Waals surface area contributed by atoms with Crippen LogP contribution in [0.15, 0.2) is 18.2 Å². The third kappa shape index (κ3) is 3.49. The number of halogens is 1. The highest BCUT2D eigenvalue weighted by Crippen LogP contribution is 2.32. The van der Waals surface area contributed by atoms with Gasteiger partial charge in [0.15, 0.2) is 5.65 Å². The van der Waals surface area contributed by atoms with Gasteiger partial charge in [0.1, 0.15) is 22.9 Å². The van der Waals surface area contributed by atoms with Crippen molar-refractivity contribution >= 4 is 11.2 Å². The molecule has 1 aliphatic heterocycles. The number of benzene rings is 1. The lowest BCUT2D eigenvalue weighted by Crippen LogP contribution is -2.17. The predicted octanol–water partition coefficient (Wildman–Crippen LogP) is 4.86. The van der Waals surface area contributed by atoms with Gasteiger partial charge >= 0.3 is 0 Å². The zero-order chi connectivity index (χ0) is 19.8. The van der Waals surface area contributed by atoms with Crippen LogP contribution < -0.4 is 0 Å². The van der Waals surface area contributed by atoms with Crippen molar-refractivity contribution in [3.05, 3.63) is 46.8 Å². The van der Waals surface area contributed by atoms with E-state index in [2.05, 4.69) is 23.8 Å². The second-order valence-electron chi connectivity index (χ2n) is 7.78. The molecule has 146 valence electrons. The zero-order valence-electron chi connectivity index (χ0n) is 16.8. The number of hydrogen-bond acceptors (Lipinski definition) is 5. The Morgan fingerprint density at radius 2 is 1.71 bits per heavy atom. The van der Waals surface area contributed by atoms with Crippen LogP contribution in [0.25, 0.3) is 22.4 Å². The molecule has 3 aromatic rings. The van der Waals surface area contributed by atoms with Gasteiger partial charge in [-0.2, -0.15) is 0 Å². The van der Waals surface area contributed by atoms with E-state index >= 15 is 4.39 Å². The van der Waals surface area contributed by atoms with E-state index < -0.39 is 0 Å². The number of hydrogen-bond donors (Lipinski definition) is 0. The SMILES string of the molecule is Cc1nc2nc(C3CCOCC3)nc(-c3ccc(C(C)C)cc3F)c2nc1C. The number of ether oxygens (including phenoxy) is 1. The Hall–Kier alpha value is -2.47. The smallest absolute Gasteiger partial charge is 0.182 e. The Kier molecular flexibility index (Phi) is 5.06. The highest BCUT2D eigenvalue weighted by Gasteiger charge is 2.23. The topological polar surface area (TPSA) is 60.8 Å². The maximum atomic E-state index is 15.0. The summed E-state index contributed by atoms with van der Waals surface area (Å²) in [5, 5.41) is 0. The Balaban J connectivity index is 1.93. The van der Waals surface area contributed by atoms with Gasteiger partial charge in [0.2, 0.25) is 0 Å².